The maximum absolute atomic E-state index is 12.0. The molecule has 0 fully saturated rings. The van der Waals surface area contributed by atoms with Crippen molar-refractivity contribution in [2.75, 3.05) is 0 Å². The van der Waals surface area contributed by atoms with Crippen molar-refractivity contribution in [1.82, 2.24) is 10.3 Å². The number of aromatic nitrogens is 1. The van der Waals surface area contributed by atoms with Gasteiger partial charge >= 0.3 is 5.97 Å². The van der Waals surface area contributed by atoms with E-state index in [1.54, 1.807) is 18.4 Å². The number of carbonyl (C=O) groups excluding carboxylic acids is 1. The first-order valence-electron chi connectivity index (χ1n) is 6.58. The molecule has 0 saturated heterocycles. The lowest BCUT2D eigenvalue weighted by molar-refractivity contribution is -0.146. The van der Waals surface area contributed by atoms with E-state index in [0.29, 0.717) is 16.5 Å². The molecule has 0 aliphatic rings. The molecular weight excluding hydrogens is 344 g/mol. The minimum Gasteiger partial charge on any atom is -0.480 e. The molecule has 2 rings (SSSR count). The van der Waals surface area contributed by atoms with Crippen molar-refractivity contribution in [1.29, 1.82) is 0 Å². The lowest BCUT2D eigenvalue weighted by Gasteiger charge is -2.24. The molecule has 0 aliphatic carbocycles. The highest BCUT2D eigenvalue weighted by Crippen LogP contribution is 2.32. The summed E-state index contributed by atoms with van der Waals surface area (Å²) in [5, 5.41) is 14.3. The summed E-state index contributed by atoms with van der Waals surface area (Å²) >= 11 is 8.75. The molecule has 2 aromatic heterocycles. The Morgan fingerprint density at radius 1 is 1.45 bits per heavy atom. The second-order valence-corrected chi connectivity index (χ2v) is 7.54. The van der Waals surface area contributed by atoms with Gasteiger partial charge in [-0.3, -0.25) is 4.79 Å². The molecule has 0 spiro atoms. The Bertz CT molecular complexity index is 698. The normalized spacial score (nSPS) is 13.6. The van der Waals surface area contributed by atoms with Crippen molar-refractivity contribution in [3.63, 3.8) is 0 Å². The van der Waals surface area contributed by atoms with E-state index in [0.717, 1.165) is 9.88 Å². The monoisotopic (exact) mass is 358 g/mol. The van der Waals surface area contributed by atoms with Crippen LogP contribution in [-0.4, -0.2) is 27.5 Å². The molecule has 22 heavy (non-hydrogen) atoms. The van der Waals surface area contributed by atoms with E-state index < -0.39 is 11.5 Å². The highest BCUT2D eigenvalue weighted by atomic mass is 35.5. The highest BCUT2D eigenvalue weighted by Gasteiger charge is 2.32. The standard InChI is InChI=1S/C14H15ClN2O3S2/c1-3-14(2,13(19)20)17-11(18)6-8-7-21-12(16-8)9-4-5-10(15)22-9/h4-5,7H,3,6H2,1-2H3,(H,17,18)(H,19,20). The van der Waals surface area contributed by atoms with Gasteiger partial charge in [-0.15, -0.1) is 22.7 Å². The molecule has 5 nitrogen and oxygen atoms in total. The summed E-state index contributed by atoms with van der Waals surface area (Å²) in [5.41, 5.74) is -0.636. The van der Waals surface area contributed by atoms with E-state index >= 15 is 0 Å². The van der Waals surface area contributed by atoms with Gasteiger partial charge in [0.2, 0.25) is 5.91 Å². The summed E-state index contributed by atoms with van der Waals surface area (Å²) < 4.78 is 0.685. The van der Waals surface area contributed by atoms with Crippen LogP contribution in [0.5, 0.6) is 0 Å². The third-order valence-electron chi connectivity index (χ3n) is 3.27. The lowest BCUT2D eigenvalue weighted by Crippen LogP contribution is -2.52. The number of carboxylic acids is 1. The maximum atomic E-state index is 12.0. The topological polar surface area (TPSA) is 79.3 Å². The molecule has 0 bridgehead atoms. The average Bonchev–Trinajstić information content (AvgIpc) is 3.07. The number of nitrogens with one attached hydrogen (secondary N) is 1. The molecule has 1 unspecified atom stereocenters. The Morgan fingerprint density at radius 2 is 2.18 bits per heavy atom. The smallest absolute Gasteiger partial charge is 0.329 e. The molecule has 118 valence electrons. The van der Waals surface area contributed by atoms with Crippen LogP contribution < -0.4 is 5.32 Å². The van der Waals surface area contributed by atoms with Crippen molar-refractivity contribution in [3.05, 3.63) is 27.5 Å². The molecule has 8 heteroatoms. The van der Waals surface area contributed by atoms with Gasteiger partial charge in [0.15, 0.2) is 0 Å². The molecule has 2 heterocycles. The van der Waals surface area contributed by atoms with Crippen LogP contribution in [-0.2, 0) is 16.0 Å². The van der Waals surface area contributed by atoms with E-state index in [9.17, 15) is 9.59 Å². The first-order chi connectivity index (χ1) is 10.3. The number of hydrogen-bond donors (Lipinski definition) is 2. The molecule has 1 atom stereocenters. The number of amides is 1. The fourth-order valence-electron chi connectivity index (χ4n) is 1.74. The van der Waals surface area contributed by atoms with Gasteiger partial charge in [0.25, 0.3) is 0 Å². The van der Waals surface area contributed by atoms with Gasteiger partial charge in [0, 0.05) is 5.38 Å². The van der Waals surface area contributed by atoms with Gasteiger partial charge in [0.05, 0.1) is 21.3 Å². The van der Waals surface area contributed by atoms with Gasteiger partial charge in [-0.1, -0.05) is 18.5 Å². The Balaban J connectivity index is 2.04. The number of hydrogen-bond acceptors (Lipinski definition) is 5. The molecular formula is C14H15ClN2O3S2. The third kappa shape index (κ3) is 3.85. The first kappa shape index (κ1) is 16.9. The SMILES string of the molecule is CCC(C)(NC(=O)Cc1csc(-c2ccc(Cl)s2)n1)C(=O)O. The fraction of sp³-hybridized carbons (Fsp3) is 0.357. The van der Waals surface area contributed by atoms with Crippen LogP contribution in [0.2, 0.25) is 4.34 Å². The van der Waals surface area contributed by atoms with Gasteiger partial charge in [-0.2, -0.15) is 0 Å². The maximum Gasteiger partial charge on any atom is 0.329 e. The van der Waals surface area contributed by atoms with Crippen LogP contribution in [0.15, 0.2) is 17.5 Å². The summed E-state index contributed by atoms with van der Waals surface area (Å²) in [6.45, 7) is 3.21. The number of aliphatic carboxylic acids is 1. The van der Waals surface area contributed by atoms with Crippen molar-refractivity contribution in [2.45, 2.75) is 32.2 Å². The first-order valence-corrected chi connectivity index (χ1v) is 8.66. The van der Waals surface area contributed by atoms with Crippen molar-refractivity contribution < 1.29 is 14.7 Å². The van der Waals surface area contributed by atoms with Crippen LogP contribution in [0.1, 0.15) is 26.0 Å². The minimum atomic E-state index is -1.25. The van der Waals surface area contributed by atoms with E-state index in [4.69, 9.17) is 16.7 Å². The largest absolute Gasteiger partial charge is 0.480 e. The Morgan fingerprint density at radius 3 is 2.73 bits per heavy atom. The van der Waals surface area contributed by atoms with Crippen molar-refractivity contribution in [3.8, 4) is 9.88 Å². The molecule has 0 radical (unpaired) electrons. The van der Waals surface area contributed by atoms with Crippen LogP contribution in [0.3, 0.4) is 0 Å². The minimum absolute atomic E-state index is 0.0540. The second-order valence-electron chi connectivity index (χ2n) is 4.96. The predicted molar refractivity (Wildman–Crippen MR) is 88.6 cm³/mol. The molecule has 0 aliphatic heterocycles. The molecule has 0 aromatic carbocycles. The summed E-state index contributed by atoms with van der Waals surface area (Å²) in [5.74, 6) is -1.40. The average molecular weight is 359 g/mol. The number of thiophene rings is 1. The lowest BCUT2D eigenvalue weighted by atomic mass is 9.99. The predicted octanol–water partition coefficient (Wildman–Crippen LogP) is 3.44. The number of carbonyl (C=O) groups is 2. The number of thiazole rings is 1. The zero-order valence-corrected chi connectivity index (χ0v) is 14.4. The fourth-order valence-corrected chi connectivity index (χ4v) is 3.67. The zero-order chi connectivity index (χ0) is 16.3. The van der Waals surface area contributed by atoms with E-state index in [1.165, 1.54) is 29.6 Å². The quantitative estimate of drug-likeness (QED) is 0.829. The van der Waals surface area contributed by atoms with Crippen molar-refractivity contribution in [2.24, 2.45) is 0 Å². The summed E-state index contributed by atoms with van der Waals surface area (Å²) in [4.78, 5) is 28.6. The summed E-state index contributed by atoms with van der Waals surface area (Å²) in [6, 6.07) is 3.68. The summed E-state index contributed by atoms with van der Waals surface area (Å²) in [6.07, 6.45) is 0.364. The molecule has 2 N–H and O–H groups in total. The zero-order valence-electron chi connectivity index (χ0n) is 12.1. The van der Waals surface area contributed by atoms with Crippen LogP contribution in [0, 0.1) is 0 Å². The van der Waals surface area contributed by atoms with Gasteiger partial charge in [-0.05, 0) is 25.5 Å². The van der Waals surface area contributed by atoms with Crippen LogP contribution in [0.25, 0.3) is 9.88 Å². The Hall–Kier alpha value is -1.44. The van der Waals surface area contributed by atoms with Crippen molar-refractivity contribution >= 4 is 46.2 Å². The number of nitrogens with zero attached hydrogens (tertiary/aromatic N) is 1. The molecule has 2 aromatic rings. The Labute approximate surface area is 141 Å². The third-order valence-corrected chi connectivity index (χ3v) is 5.56. The number of rotatable bonds is 6. The van der Waals surface area contributed by atoms with Gasteiger partial charge in [0.1, 0.15) is 10.5 Å². The molecule has 1 amide bonds. The number of carboxylic acid groups (broad SMARTS) is 1. The Kier molecular flexibility index (Phi) is 5.20. The second kappa shape index (κ2) is 6.76. The van der Waals surface area contributed by atoms with E-state index in [2.05, 4.69) is 10.3 Å². The van der Waals surface area contributed by atoms with Gasteiger partial charge in [-0.25, -0.2) is 9.78 Å². The number of halogens is 1. The highest BCUT2D eigenvalue weighted by molar-refractivity contribution is 7.23. The van der Waals surface area contributed by atoms with Crippen LogP contribution in [0.4, 0.5) is 0 Å². The van der Waals surface area contributed by atoms with E-state index in [-0.39, 0.29) is 12.3 Å². The van der Waals surface area contributed by atoms with Crippen LogP contribution >= 0.6 is 34.3 Å². The van der Waals surface area contributed by atoms with E-state index in [1.807, 2.05) is 6.07 Å². The van der Waals surface area contributed by atoms with Gasteiger partial charge < -0.3 is 10.4 Å². The molecule has 0 saturated carbocycles. The summed E-state index contributed by atoms with van der Waals surface area (Å²) in [7, 11) is 0.